The minimum Gasteiger partial charge on any atom is -0.463 e. The van der Waals surface area contributed by atoms with E-state index in [0.717, 1.165) is 0 Å². The second-order valence-corrected chi connectivity index (χ2v) is 4.40. The number of carbonyl (C=O) groups excluding carboxylic acids is 3. The Morgan fingerprint density at radius 3 is 2.10 bits per heavy atom. The van der Waals surface area contributed by atoms with Crippen LogP contribution in [0, 0.1) is 0 Å². The summed E-state index contributed by atoms with van der Waals surface area (Å²) in [5.41, 5.74) is 0. The minimum absolute atomic E-state index is 0.0618. The van der Waals surface area contributed by atoms with Gasteiger partial charge in [0, 0.05) is 27.2 Å². The maximum Gasteiger partial charge on any atom is 0.303 e. The van der Waals surface area contributed by atoms with Crippen molar-refractivity contribution in [3.05, 3.63) is 0 Å². The van der Waals surface area contributed by atoms with E-state index >= 15 is 0 Å². The molecule has 1 aliphatic heterocycles. The Bertz CT molecular complexity index is 380. The molecule has 0 amide bonds. The first-order valence-corrected chi connectivity index (χ1v) is 6.11. The van der Waals surface area contributed by atoms with Gasteiger partial charge in [0.1, 0.15) is 18.8 Å². The Morgan fingerprint density at radius 1 is 1.05 bits per heavy atom. The number of hydrogen-bond donors (Lipinski definition) is 1. The monoisotopic (exact) mass is 290 g/mol. The summed E-state index contributed by atoms with van der Waals surface area (Å²) in [6.45, 7) is 3.46. The van der Waals surface area contributed by atoms with E-state index in [4.69, 9.17) is 18.9 Å². The van der Waals surface area contributed by atoms with Gasteiger partial charge < -0.3 is 24.1 Å². The standard InChI is InChI=1S/C12H18O8/c1-6(13)17-5-11-9(18-7(2)14)4-10(12(16)20-11)19-8(3)15/h9-12,16H,4-5H2,1-3H3/t9-,10+,11+,12+/m1/s1. The van der Waals surface area contributed by atoms with Crippen molar-refractivity contribution in [1.29, 1.82) is 0 Å². The lowest BCUT2D eigenvalue weighted by Gasteiger charge is -2.37. The minimum atomic E-state index is -1.37. The van der Waals surface area contributed by atoms with Crippen LogP contribution in [0.1, 0.15) is 27.2 Å². The summed E-state index contributed by atoms with van der Waals surface area (Å²) in [6, 6.07) is 0. The zero-order chi connectivity index (χ0) is 15.3. The van der Waals surface area contributed by atoms with Gasteiger partial charge in [0.2, 0.25) is 0 Å². The first-order chi connectivity index (χ1) is 9.29. The van der Waals surface area contributed by atoms with Crippen molar-refractivity contribution in [3.63, 3.8) is 0 Å². The van der Waals surface area contributed by atoms with E-state index < -0.39 is 42.5 Å². The quantitative estimate of drug-likeness (QED) is 0.546. The molecule has 0 radical (unpaired) electrons. The number of rotatable bonds is 4. The van der Waals surface area contributed by atoms with Gasteiger partial charge in [-0.25, -0.2) is 0 Å². The van der Waals surface area contributed by atoms with Crippen LogP contribution < -0.4 is 0 Å². The van der Waals surface area contributed by atoms with Gasteiger partial charge in [-0.1, -0.05) is 0 Å². The van der Waals surface area contributed by atoms with E-state index in [2.05, 4.69) is 0 Å². The van der Waals surface area contributed by atoms with Crippen LogP contribution in [0.15, 0.2) is 0 Å². The molecule has 1 saturated heterocycles. The Hall–Kier alpha value is -1.67. The highest BCUT2D eigenvalue weighted by molar-refractivity contribution is 5.67. The van der Waals surface area contributed by atoms with Gasteiger partial charge in [0.25, 0.3) is 0 Å². The van der Waals surface area contributed by atoms with Crippen LogP contribution in [0.25, 0.3) is 0 Å². The summed E-state index contributed by atoms with van der Waals surface area (Å²) in [6.07, 6.45) is -3.84. The fourth-order valence-corrected chi connectivity index (χ4v) is 1.85. The fraction of sp³-hybridized carbons (Fsp3) is 0.750. The molecule has 0 aliphatic carbocycles. The predicted octanol–water partition coefficient (Wildman–Crippen LogP) is -0.480. The van der Waals surface area contributed by atoms with Gasteiger partial charge in [0.05, 0.1) is 0 Å². The third-order valence-electron chi connectivity index (χ3n) is 2.60. The number of carbonyl (C=O) groups is 3. The molecule has 1 fully saturated rings. The molecule has 0 aromatic rings. The molecule has 1 rings (SSSR count). The second kappa shape index (κ2) is 7.20. The van der Waals surface area contributed by atoms with E-state index in [0.29, 0.717) is 0 Å². The maximum absolute atomic E-state index is 11.1. The Morgan fingerprint density at radius 2 is 1.60 bits per heavy atom. The first-order valence-electron chi connectivity index (χ1n) is 6.11. The van der Waals surface area contributed by atoms with Gasteiger partial charge in [-0.15, -0.1) is 0 Å². The third kappa shape index (κ3) is 5.14. The lowest BCUT2D eigenvalue weighted by molar-refractivity contribution is -0.262. The van der Waals surface area contributed by atoms with Gasteiger partial charge in [-0.05, 0) is 0 Å². The summed E-state index contributed by atoms with van der Waals surface area (Å²) in [5.74, 6) is -1.66. The highest BCUT2D eigenvalue weighted by Crippen LogP contribution is 2.24. The Kier molecular flexibility index (Phi) is 5.90. The molecule has 8 nitrogen and oxygen atoms in total. The van der Waals surface area contributed by atoms with E-state index in [1.165, 1.54) is 20.8 Å². The lowest BCUT2D eigenvalue weighted by atomic mass is 10.0. The molecule has 1 N–H and O–H groups in total. The molecule has 0 aromatic heterocycles. The van der Waals surface area contributed by atoms with Gasteiger partial charge in [-0.2, -0.15) is 0 Å². The summed E-state index contributed by atoms with van der Waals surface area (Å²) in [4.78, 5) is 32.8. The van der Waals surface area contributed by atoms with Crippen molar-refractivity contribution in [2.75, 3.05) is 6.61 Å². The molecule has 0 spiro atoms. The predicted molar refractivity (Wildman–Crippen MR) is 63.2 cm³/mol. The Balaban J connectivity index is 2.70. The van der Waals surface area contributed by atoms with Crippen LogP contribution in [-0.4, -0.2) is 54.2 Å². The highest BCUT2D eigenvalue weighted by atomic mass is 16.7. The van der Waals surface area contributed by atoms with E-state index in [1.807, 2.05) is 0 Å². The van der Waals surface area contributed by atoms with Crippen LogP contribution in [0.3, 0.4) is 0 Å². The molecular formula is C12H18O8. The van der Waals surface area contributed by atoms with E-state index in [-0.39, 0.29) is 13.0 Å². The summed E-state index contributed by atoms with van der Waals surface area (Å²) in [7, 11) is 0. The van der Waals surface area contributed by atoms with Gasteiger partial charge >= 0.3 is 17.9 Å². The van der Waals surface area contributed by atoms with E-state index in [1.54, 1.807) is 0 Å². The normalized spacial score (nSPS) is 29.4. The first kappa shape index (κ1) is 16.4. The number of aliphatic hydroxyl groups excluding tert-OH is 1. The lowest BCUT2D eigenvalue weighted by Crippen LogP contribution is -2.51. The topological polar surface area (TPSA) is 108 Å². The largest absolute Gasteiger partial charge is 0.463 e. The summed E-state index contributed by atoms with van der Waals surface area (Å²) >= 11 is 0. The van der Waals surface area contributed by atoms with Crippen molar-refractivity contribution >= 4 is 17.9 Å². The molecule has 114 valence electrons. The average molecular weight is 290 g/mol. The maximum atomic E-state index is 11.1. The molecule has 4 atom stereocenters. The smallest absolute Gasteiger partial charge is 0.303 e. The molecule has 8 heteroatoms. The molecule has 0 unspecified atom stereocenters. The van der Waals surface area contributed by atoms with Crippen molar-refractivity contribution in [2.45, 2.75) is 51.8 Å². The van der Waals surface area contributed by atoms with Crippen molar-refractivity contribution in [1.82, 2.24) is 0 Å². The van der Waals surface area contributed by atoms with Crippen molar-refractivity contribution in [2.24, 2.45) is 0 Å². The average Bonchev–Trinajstić information content (AvgIpc) is 2.29. The van der Waals surface area contributed by atoms with Crippen molar-refractivity contribution < 1.29 is 38.4 Å². The van der Waals surface area contributed by atoms with E-state index in [9.17, 15) is 19.5 Å². The number of aliphatic hydroxyl groups is 1. The van der Waals surface area contributed by atoms with Crippen LogP contribution in [0.4, 0.5) is 0 Å². The zero-order valence-electron chi connectivity index (χ0n) is 11.5. The molecule has 0 bridgehead atoms. The molecule has 1 aliphatic rings. The SMILES string of the molecule is CC(=O)OC[C@@H]1O[C@H](O)[C@@H](OC(C)=O)C[C@H]1OC(C)=O. The molecule has 1 heterocycles. The van der Waals surface area contributed by atoms with Gasteiger partial charge in [0.15, 0.2) is 12.4 Å². The van der Waals surface area contributed by atoms with Crippen LogP contribution in [0.5, 0.6) is 0 Å². The van der Waals surface area contributed by atoms with Crippen molar-refractivity contribution in [3.8, 4) is 0 Å². The van der Waals surface area contributed by atoms with Crippen LogP contribution in [-0.2, 0) is 33.3 Å². The number of esters is 3. The van der Waals surface area contributed by atoms with Gasteiger partial charge in [-0.3, -0.25) is 14.4 Å². The fourth-order valence-electron chi connectivity index (χ4n) is 1.85. The van der Waals surface area contributed by atoms with Crippen LogP contribution >= 0.6 is 0 Å². The van der Waals surface area contributed by atoms with Crippen LogP contribution in [0.2, 0.25) is 0 Å². The summed E-state index contributed by atoms with van der Waals surface area (Å²) < 4.78 is 19.9. The molecule has 20 heavy (non-hydrogen) atoms. The number of hydrogen-bond acceptors (Lipinski definition) is 8. The summed E-state index contributed by atoms with van der Waals surface area (Å²) in [5, 5.41) is 9.72. The molecule has 0 saturated carbocycles. The Labute approximate surface area is 115 Å². The number of ether oxygens (including phenoxy) is 4. The zero-order valence-corrected chi connectivity index (χ0v) is 11.5. The molecule has 0 aromatic carbocycles. The molecular weight excluding hydrogens is 272 g/mol. The third-order valence-corrected chi connectivity index (χ3v) is 2.60. The second-order valence-electron chi connectivity index (χ2n) is 4.40. The highest BCUT2D eigenvalue weighted by Gasteiger charge is 2.41.